The lowest BCUT2D eigenvalue weighted by atomic mass is 10.1. The molecule has 3 nitrogen and oxygen atoms in total. The van der Waals surface area contributed by atoms with Crippen LogP contribution < -0.4 is 0 Å². The van der Waals surface area contributed by atoms with Gasteiger partial charge in [-0.05, 0) is 17.7 Å². The summed E-state index contributed by atoms with van der Waals surface area (Å²) in [5, 5.41) is 11.0. The van der Waals surface area contributed by atoms with Crippen LogP contribution in [0.4, 0.5) is 0 Å². The first-order valence-corrected chi connectivity index (χ1v) is 6.05. The Hall–Kier alpha value is -0.680. The number of aromatic nitrogens is 2. The van der Waals surface area contributed by atoms with Crippen LogP contribution in [0, 0.1) is 0 Å². The van der Waals surface area contributed by atoms with Crippen LogP contribution in [-0.2, 0) is 6.42 Å². The molecule has 0 aliphatic rings. The summed E-state index contributed by atoms with van der Waals surface area (Å²) in [5.41, 5.74) is 1.41. The summed E-state index contributed by atoms with van der Waals surface area (Å²) in [4.78, 5) is 0. The van der Waals surface area contributed by atoms with E-state index in [-0.39, 0.29) is 0 Å². The van der Waals surface area contributed by atoms with Crippen molar-refractivity contribution < 1.29 is 5.11 Å². The molecule has 0 amide bonds. The molecule has 6 heteroatoms. The molecule has 2 rings (SSSR count). The van der Waals surface area contributed by atoms with E-state index in [0.717, 1.165) is 17.3 Å². The average molecular weight is 275 g/mol. The van der Waals surface area contributed by atoms with Crippen molar-refractivity contribution in [2.24, 2.45) is 0 Å². The average Bonchev–Trinajstić information content (AvgIpc) is 2.75. The Kier molecular flexibility index (Phi) is 3.76. The molecule has 1 atom stereocenters. The normalized spacial score (nSPS) is 12.7. The number of aliphatic hydroxyl groups is 1. The number of rotatable bonds is 3. The van der Waals surface area contributed by atoms with Gasteiger partial charge in [0.05, 0.1) is 17.9 Å². The summed E-state index contributed by atoms with van der Waals surface area (Å²) in [6.07, 6.45) is 1.28. The van der Waals surface area contributed by atoms with Crippen molar-refractivity contribution >= 4 is 34.9 Å². The van der Waals surface area contributed by atoms with Gasteiger partial charge in [-0.25, -0.2) is 0 Å². The van der Waals surface area contributed by atoms with E-state index in [4.69, 9.17) is 23.2 Å². The van der Waals surface area contributed by atoms with Crippen molar-refractivity contribution in [3.8, 4) is 0 Å². The molecule has 1 aromatic heterocycles. The van der Waals surface area contributed by atoms with E-state index in [1.165, 1.54) is 0 Å². The van der Waals surface area contributed by atoms with Crippen molar-refractivity contribution in [1.29, 1.82) is 0 Å². The monoisotopic (exact) mass is 274 g/mol. The van der Waals surface area contributed by atoms with E-state index in [1.54, 1.807) is 24.4 Å². The Balaban J connectivity index is 2.15. The van der Waals surface area contributed by atoms with Gasteiger partial charge in [0.15, 0.2) is 0 Å². The topological polar surface area (TPSA) is 46.0 Å². The van der Waals surface area contributed by atoms with Crippen LogP contribution in [0.1, 0.15) is 17.4 Å². The third-order valence-corrected chi connectivity index (χ3v) is 3.23. The Labute approximate surface area is 107 Å². The highest BCUT2D eigenvalue weighted by atomic mass is 35.5. The number of nitrogens with zero attached hydrogens (tertiary/aromatic N) is 2. The third-order valence-electron chi connectivity index (χ3n) is 2.15. The minimum Gasteiger partial charge on any atom is -0.386 e. The fourth-order valence-corrected chi connectivity index (χ4v) is 2.27. The van der Waals surface area contributed by atoms with Crippen molar-refractivity contribution in [3.63, 3.8) is 0 Å². The van der Waals surface area contributed by atoms with Gasteiger partial charge in [-0.3, -0.25) is 0 Å². The first kappa shape index (κ1) is 11.8. The van der Waals surface area contributed by atoms with Gasteiger partial charge in [0.1, 0.15) is 11.8 Å². The zero-order valence-corrected chi connectivity index (χ0v) is 10.4. The number of hydrogen-bond acceptors (Lipinski definition) is 4. The van der Waals surface area contributed by atoms with Crippen molar-refractivity contribution in [2.75, 3.05) is 0 Å². The van der Waals surface area contributed by atoms with Crippen LogP contribution in [0.25, 0.3) is 0 Å². The molecule has 1 aromatic carbocycles. The molecule has 1 N–H and O–H groups in total. The maximum Gasteiger partial charge on any atom is 0.103 e. The smallest absolute Gasteiger partial charge is 0.103 e. The minimum atomic E-state index is -0.683. The second-order valence-electron chi connectivity index (χ2n) is 3.29. The molecule has 0 spiro atoms. The van der Waals surface area contributed by atoms with Gasteiger partial charge in [0.2, 0.25) is 0 Å². The van der Waals surface area contributed by atoms with E-state index in [2.05, 4.69) is 8.75 Å². The number of benzene rings is 1. The van der Waals surface area contributed by atoms with E-state index < -0.39 is 6.10 Å². The maximum atomic E-state index is 9.87. The van der Waals surface area contributed by atoms with Gasteiger partial charge in [0.25, 0.3) is 0 Å². The summed E-state index contributed by atoms with van der Waals surface area (Å²) in [6, 6.07) is 5.20. The molecular formula is C10H8Cl2N2OS. The molecule has 16 heavy (non-hydrogen) atoms. The lowest BCUT2D eigenvalue weighted by molar-refractivity contribution is 0.174. The number of halogens is 2. The first-order valence-electron chi connectivity index (χ1n) is 4.56. The molecular weight excluding hydrogens is 267 g/mol. The maximum absolute atomic E-state index is 9.87. The van der Waals surface area contributed by atoms with Crippen molar-refractivity contribution in [1.82, 2.24) is 8.75 Å². The highest BCUT2D eigenvalue weighted by Gasteiger charge is 2.13. The van der Waals surface area contributed by atoms with Gasteiger partial charge < -0.3 is 5.11 Å². The van der Waals surface area contributed by atoms with Crippen LogP contribution in [0.5, 0.6) is 0 Å². The van der Waals surface area contributed by atoms with Crippen LogP contribution >= 0.6 is 34.9 Å². The molecule has 0 saturated carbocycles. The zero-order chi connectivity index (χ0) is 11.5. The fourth-order valence-electron chi connectivity index (χ4n) is 1.32. The Morgan fingerprint density at radius 2 is 2.19 bits per heavy atom. The number of hydrogen-bond donors (Lipinski definition) is 1. The summed E-state index contributed by atoms with van der Waals surface area (Å²) < 4.78 is 7.81. The molecule has 1 unspecified atom stereocenters. The largest absolute Gasteiger partial charge is 0.386 e. The van der Waals surface area contributed by atoms with Crippen molar-refractivity contribution in [2.45, 2.75) is 12.5 Å². The highest BCUT2D eigenvalue weighted by Crippen LogP contribution is 2.25. The summed E-state index contributed by atoms with van der Waals surface area (Å²) in [7, 11) is 0. The van der Waals surface area contributed by atoms with Crippen LogP contribution in [0.15, 0.2) is 24.4 Å². The predicted octanol–water partition coefficient (Wildman–Crippen LogP) is 3.12. The molecule has 0 radical (unpaired) electrons. The summed E-state index contributed by atoms with van der Waals surface area (Å²) >= 11 is 12.9. The van der Waals surface area contributed by atoms with Gasteiger partial charge in [-0.15, -0.1) is 0 Å². The van der Waals surface area contributed by atoms with Gasteiger partial charge >= 0.3 is 0 Å². The lowest BCUT2D eigenvalue weighted by Crippen LogP contribution is -2.02. The second kappa shape index (κ2) is 5.10. The van der Waals surface area contributed by atoms with Crippen LogP contribution in [0.3, 0.4) is 0 Å². The molecule has 0 aliphatic heterocycles. The molecule has 0 saturated heterocycles. The molecule has 0 bridgehead atoms. The van der Waals surface area contributed by atoms with Gasteiger partial charge in [-0.2, -0.15) is 8.75 Å². The molecule has 84 valence electrons. The van der Waals surface area contributed by atoms with Gasteiger partial charge in [0, 0.05) is 16.5 Å². The Bertz CT molecular complexity index is 476. The highest BCUT2D eigenvalue weighted by molar-refractivity contribution is 6.99. The van der Waals surface area contributed by atoms with Crippen LogP contribution in [0.2, 0.25) is 10.0 Å². The number of aliphatic hydroxyl groups excluding tert-OH is 1. The molecule has 2 aromatic rings. The van der Waals surface area contributed by atoms with Crippen molar-refractivity contribution in [3.05, 3.63) is 45.7 Å². The second-order valence-corrected chi connectivity index (χ2v) is 4.69. The minimum absolute atomic E-state index is 0.404. The predicted molar refractivity (Wildman–Crippen MR) is 65.0 cm³/mol. The van der Waals surface area contributed by atoms with Gasteiger partial charge in [-0.1, -0.05) is 29.3 Å². The van der Waals surface area contributed by atoms with E-state index in [0.29, 0.717) is 22.2 Å². The molecule has 1 heterocycles. The standard InChI is InChI=1S/C10H8Cl2N2OS/c11-7-2-1-6(8(12)4-7)3-10(15)9-5-13-16-14-9/h1-2,4-5,10,15H,3H2. The SMILES string of the molecule is OC(Cc1ccc(Cl)cc1Cl)c1cnsn1. The summed E-state index contributed by atoms with van der Waals surface area (Å²) in [6.45, 7) is 0. The Morgan fingerprint density at radius 3 is 2.81 bits per heavy atom. The molecule has 0 aliphatic carbocycles. The Morgan fingerprint density at radius 1 is 1.38 bits per heavy atom. The lowest BCUT2D eigenvalue weighted by Gasteiger charge is -2.09. The van der Waals surface area contributed by atoms with Crippen LogP contribution in [-0.4, -0.2) is 13.9 Å². The first-order chi connectivity index (χ1) is 7.66. The zero-order valence-electron chi connectivity index (χ0n) is 8.10. The quantitative estimate of drug-likeness (QED) is 0.936. The van der Waals surface area contributed by atoms with E-state index in [9.17, 15) is 5.11 Å². The summed E-state index contributed by atoms with van der Waals surface area (Å²) in [5.74, 6) is 0. The van der Waals surface area contributed by atoms with E-state index in [1.807, 2.05) is 0 Å². The van der Waals surface area contributed by atoms with E-state index >= 15 is 0 Å². The molecule has 0 fully saturated rings. The third kappa shape index (κ3) is 2.71. The fraction of sp³-hybridized carbons (Fsp3) is 0.200.